The quantitative estimate of drug-likeness (QED) is 0.918. The van der Waals surface area contributed by atoms with Gasteiger partial charge in [-0.15, -0.1) is 0 Å². The van der Waals surface area contributed by atoms with Crippen molar-refractivity contribution in [3.63, 3.8) is 0 Å². The number of rotatable bonds is 5. The highest BCUT2D eigenvalue weighted by Gasteiger charge is 2.18. The molecule has 1 atom stereocenters. The smallest absolute Gasteiger partial charge is 0.224 e. The molecule has 2 heterocycles. The first-order valence-corrected chi connectivity index (χ1v) is 8.46. The highest BCUT2D eigenvalue weighted by molar-refractivity contribution is 5.78. The highest BCUT2D eigenvalue weighted by Crippen LogP contribution is 2.24. The van der Waals surface area contributed by atoms with E-state index in [0.717, 1.165) is 48.4 Å². The summed E-state index contributed by atoms with van der Waals surface area (Å²) in [5.74, 6) is 0.744. The summed E-state index contributed by atoms with van der Waals surface area (Å²) >= 11 is 0. The van der Waals surface area contributed by atoms with Crippen LogP contribution in [0.2, 0.25) is 0 Å². The molecular formula is C19H23N3O2. The number of ether oxygens (including phenoxy) is 1. The third kappa shape index (κ3) is 4.38. The number of nitrogens with one attached hydrogen (secondary N) is 1. The number of hydrogen-bond donors (Lipinski definition) is 1. The van der Waals surface area contributed by atoms with Gasteiger partial charge in [-0.05, 0) is 37.3 Å². The van der Waals surface area contributed by atoms with Crippen molar-refractivity contribution < 1.29 is 9.53 Å². The molecule has 3 rings (SSSR count). The molecule has 1 aliphatic heterocycles. The van der Waals surface area contributed by atoms with Gasteiger partial charge in [0.1, 0.15) is 6.10 Å². The lowest BCUT2D eigenvalue weighted by molar-refractivity contribution is -0.120. The molecule has 24 heavy (non-hydrogen) atoms. The summed E-state index contributed by atoms with van der Waals surface area (Å²) in [6, 6.07) is 7.93. The Kier molecular flexibility index (Phi) is 5.54. The molecule has 1 aliphatic rings. The Morgan fingerprint density at radius 3 is 2.75 bits per heavy atom. The first kappa shape index (κ1) is 16.6. The van der Waals surface area contributed by atoms with Gasteiger partial charge in [0.25, 0.3) is 0 Å². The predicted molar refractivity (Wildman–Crippen MR) is 91.3 cm³/mol. The number of carbonyl (C=O) groups excluding carboxylic acids is 1. The van der Waals surface area contributed by atoms with E-state index in [2.05, 4.69) is 15.3 Å². The molecule has 0 radical (unpaired) electrons. The zero-order valence-corrected chi connectivity index (χ0v) is 14.0. The van der Waals surface area contributed by atoms with E-state index in [-0.39, 0.29) is 12.0 Å². The average Bonchev–Trinajstić information content (AvgIpc) is 2.63. The minimum atomic E-state index is 0.00369. The molecule has 0 bridgehead atoms. The van der Waals surface area contributed by atoms with E-state index in [1.807, 2.05) is 31.2 Å². The van der Waals surface area contributed by atoms with Crippen molar-refractivity contribution in [3.8, 4) is 0 Å². The molecule has 1 saturated heterocycles. The summed E-state index contributed by atoms with van der Waals surface area (Å²) in [4.78, 5) is 20.9. The van der Waals surface area contributed by atoms with Crippen LogP contribution in [0, 0.1) is 6.92 Å². The van der Waals surface area contributed by atoms with Gasteiger partial charge < -0.3 is 10.1 Å². The van der Waals surface area contributed by atoms with Gasteiger partial charge in [0.2, 0.25) is 5.91 Å². The fourth-order valence-corrected chi connectivity index (χ4v) is 2.81. The summed E-state index contributed by atoms with van der Waals surface area (Å²) in [6.45, 7) is 3.24. The van der Waals surface area contributed by atoms with Crippen molar-refractivity contribution in [1.29, 1.82) is 0 Å². The van der Waals surface area contributed by atoms with Crippen molar-refractivity contribution in [1.82, 2.24) is 15.3 Å². The van der Waals surface area contributed by atoms with Crippen molar-refractivity contribution >= 4 is 5.91 Å². The Balaban J connectivity index is 1.51. The first-order valence-electron chi connectivity index (χ1n) is 8.46. The summed E-state index contributed by atoms with van der Waals surface area (Å²) in [6.07, 6.45) is 7.20. The van der Waals surface area contributed by atoms with Gasteiger partial charge in [-0.1, -0.05) is 24.3 Å². The third-order valence-corrected chi connectivity index (χ3v) is 4.29. The number of amides is 1. The standard InChI is InChI=1S/C19H23N3O2/c1-14-6-2-3-7-16(14)10-18(23)20-11-15-12-21-19(22-13-15)17-8-4-5-9-24-17/h2-3,6-7,12-13,17H,4-5,8-11H2,1H3,(H,20,23)/t17-/m0/s1. The number of aromatic nitrogens is 2. The molecule has 126 valence electrons. The lowest BCUT2D eigenvalue weighted by atomic mass is 10.1. The van der Waals surface area contributed by atoms with Crippen molar-refractivity contribution in [2.45, 2.75) is 45.3 Å². The van der Waals surface area contributed by atoms with Gasteiger partial charge in [0.05, 0.1) is 6.42 Å². The summed E-state index contributed by atoms with van der Waals surface area (Å²) in [5, 5.41) is 2.92. The van der Waals surface area contributed by atoms with Crippen LogP contribution in [0.1, 0.15) is 47.9 Å². The second-order valence-corrected chi connectivity index (χ2v) is 6.18. The second kappa shape index (κ2) is 8.02. The van der Waals surface area contributed by atoms with Crippen molar-refractivity contribution in [2.75, 3.05) is 6.61 Å². The SMILES string of the molecule is Cc1ccccc1CC(=O)NCc1cnc([C@@H]2CCCCO2)nc1. The topological polar surface area (TPSA) is 64.1 Å². The summed E-state index contributed by atoms with van der Waals surface area (Å²) in [5.41, 5.74) is 3.08. The van der Waals surface area contributed by atoms with Crippen LogP contribution in [0.4, 0.5) is 0 Å². The van der Waals surface area contributed by atoms with Crippen LogP contribution in [0.15, 0.2) is 36.7 Å². The van der Waals surface area contributed by atoms with E-state index < -0.39 is 0 Å². The zero-order chi connectivity index (χ0) is 16.8. The maximum Gasteiger partial charge on any atom is 0.224 e. The van der Waals surface area contributed by atoms with E-state index in [9.17, 15) is 4.79 Å². The van der Waals surface area contributed by atoms with Gasteiger partial charge in [0.15, 0.2) is 5.82 Å². The second-order valence-electron chi connectivity index (χ2n) is 6.18. The van der Waals surface area contributed by atoms with E-state index in [1.165, 1.54) is 0 Å². The largest absolute Gasteiger partial charge is 0.370 e. The van der Waals surface area contributed by atoms with Crippen LogP contribution < -0.4 is 5.32 Å². The predicted octanol–water partition coefficient (Wildman–Crippen LogP) is 2.89. The molecule has 2 aromatic rings. The average molecular weight is 325 g/mol. The van der Waals surface area contributed by atoms with Crippen molar-refractivity contribution in [2.24, 2.45) is 0 Å². The molecule has 1 amide bonds. The van der Waals surface area contributed by atoms with Crippen LogP contribution in [0.3, 0.4) is 0 Å². The minimum absolute atomic E-state index is 0.00369. The van der Waals surface area contributed by atoms with Gasteiger partial charge >= 0.3 is 0 Å². The molecule has 1 aromatic heterocycles. The monoisotopic (exact) mass is 325 g/mol. The third-order valence-electron chi connectivity index (χ3n) is 4.29. The number of nitrogens with zero attached hydrogens (tertiary/aromatic N) is 2. The normalized spacial score (nSPS) is 17.5. The van der Waals surface area contributed by atoms with Crippen LogP contribution in [-0.4, -0.2) is 22.5 Å². The fraction of sp³-hybridized carbons (Fsp3) is 0.421. The highest BCUT2D eigenvalue weighted by atomic mass is 16.5. The molecule has 1 fully saturated rings. The number of carbonyl (C=O) groups is 1. The summed E-state index contributed by atoms with van der Waals surface area (Å²) < 4.78 is 5.68. The Labute approximate surface area is 142 Å². The van der Waals surface area contributed by atoms with Gasteiger partial charge in [-0.2, -0.15) is 0 Å². The molecule has 1 N–H and O–H groups in total. The van der Waals surface area contributed by atoms with E-state index in [4.69, 9.17) is 4.74 Å². The van der Waals surface area contributed by atoms with Gasteiger partial charge in [-0.25, -0.2) is 9.97 Å². The first-order chi connectivity index (χ1) is 11.7. The molecule has 0 spiro atoms. The molecule has 5 nitrogen and oxygen atoms in total. The van der Waals surface area contributed by atoms with Crippen LogP contribution in [0.25, 0.3) is 0 Å². The minimum Gasteiger partial charge on any atom is -0.370 e. The zero-order valence-electron chi connectivity index (χ0n) is 14.0. The van der Waals surface area contributed by atoms with E-state index in [1.54, 1.807) is 12.4 Å². The maximum atomic E-state index is 12.1. The fourth-order valence-electron chi connectivity index (χ4n) is 2.81. The molecule has 0 unspecified atom stereocenters. The van der Waals surface area contributed by atoms with Gasteiger partial charge in [0, 0.05) is 31.1 Å². The number of hydrogen-bond acceptors (Lipinski definition) is 4. The molecule has 0 aliphatic carbocycles. The summed E-state index contributed by atoms with van der Waals surface area (Å²) in [7, 11) is 0. The van der Waals surface area contributed by atoms with Crippen LogP contribution in [-0.2, 0) is 22.5 Å². The Morgan fingerprint density at radius 1 is 1.25 bits per heavy atom. The van der Waals surface area contributed by atoms with Gasteiger partial charge in [-0.3, -0.25) is 4.79 Å². The number of aryl methyl sites for hydroxylation is 1. The maximum absolute atomic E-state index is 12.1. The molecular weight excluding hydrogens is 302 g/mol. The molecule has 5 heteroatoms. The Hall–Kier alpha value is -2.27. The lowest BCUT2D eigenvalue weighted by Crippen LogP contribution is -2.25. The van der Waals surface area contributed by atoms with Crippen molar-refractivity contribution in [3.05, 3.63) is 59.2 Å². The number of benzene rings is 1. The Bertz CT molecular complexity index is 679. The lowest BCUT2D eigenvalue weighted by Gasteiger charge is -2.21. The Morgan fingerprint density at radius 2 is 2.04 bits per heavy atom. The molecule has 1 aromatic carbocycles. The van der Waals surface area contributed by atoms with Crippen LogP contribution in [0.5, 0.6) is 0 Å². The molecule has 0 saturated carbocycles. The van der Waals surface area contributed by atoms with Crippen LogP contribution >= 0.6 is 0 Å². The van der Waals surface area contributed by atoms with E-state index >= 15 is 0 Å². The van der Waals surface area contributed by atoms with E-state index in [0.29, 0.717) is 13.0 Å².